The Labute approximate surface area is 189 Å². The molecule has 1 saturated carbocycles. The zero-order valence-electron chi connectivity index (χ0n) is 17.8. The van der Waals surface area contributed by atoms with Crippen molar-refractivity contribution in [2.75, 3.05) is 0 Å². The first-order valence-electron chi connectivity index (χ1n) is 10.8. The minimum absolute atomic E-state index is 0.0600. The number of sulfonamides is 1. The van der Waals surface area contributed by atoms with Crippen LogP contribution in [0.5, 0.6) is 17.5 Å². The van der Waals surface area contributed by atoms with E-state index in [2.05, 4.69) is 15.0 Å². The van der Waals surface area contributed by atoms with E-state index in [4.69, 9.17) is 9.47 Å². The molecule has 2 aliphatic heterocycles. The van der Waals surface area contributed by atoms with Gasteiger partial charge in [-0.3, -0.25) is 0 Å². The van der Waals surface area contributed by atoms with Gasteiger partial charge in [0, 0.05) is 31.1 Å². The number of pyridine rings is 1. The Bertz CT molecular complexity index is 1140. The number of hydrogen-bond acceptors (Lipinski definition) is 7. The predicted octanol–water partition coefficient (Wildman–Crippen LogP) is 3.86. The van der Waals surface area contributed by atoms with Crippen molar-refractivity contribution in [3.05, 3.63) is 35.9 Å². The number of alkyl halides is 3. The van der Waals surface area contributed by atoms with Crippen molar-refractivity contribution in [1.29, 1.82) is 0 Å². The van der Waals surface area contributed by atoms with E-state index in [0.717, 1.165) is 31.9 Å². The summed E-state index contributed by atoms with van der Waals surface area (Å²) in [5, 5.41) is -0.240. The van der Waals surface area contributed by atoms with Gasteiger partial charge in [-0.05, 0) is 44.7 Å². The molecule has 12 heteroatoms. The van der Waals surface area contributed by atoms with Gasteiger partial charge in [-0.1, -0.05) is 0 Å². The van der Waals surface area contributed by atoms with Gasteiger partial charge in [-0.2, -0.15) is 17.5 Å². The number of aromatic nitrogens is 3. The maximum absolute atomic E-state index is 13.2. The van der Waals surface area contributed by atoms with Gasteiger partial charge >= 0.3 is 6.18 Å². The number of ether oxygens (including phenoxy) is 2. The molecule has 2 bridgehead atoms. The van der Waals surface area contributed by atoms with Gasteiger partial charge in [0.15, 0.2) is 11.4 Å². The van der Waals surface area contributed by atoms with E-state index in [1.165, 1.54) is 18.5 Å². The average molecular weight is 485 g/mol. The topological polar surface area (TPSA) is 94.5 Å². The smallest absolute Gasteiger partial charge is 0.437 e. The number of halogens is 3. The zero-order chi connectivity index (χ0) is 23.4. The molecule has 3 fully saturated rings. The van der Waals surface area contributed by atoms with Crippen LogP contribution in [0, 0.1) is 6.92 Å². The summed E-state index contributed by atoms with van der Waals surface area (Å²) in [6.45, 7) is 1.61. The second kappa shape index (κ2) is 8.08. The van der Waals surface area contributed by atoms with Crippen LogP contribution in [0.2, 0.25) is 0 Å². The predicted molar refractivity (Wildman–Crippen MR) is 110 cm³/mol. The van der Waals surface area contributed by atoms with Crippen LogP contribution in [-0.4, -0.2) is 51.1 Å². The minimum atomic E-state index is -4.68. The molecule has 0 N–H and O–H groups in total. The summed E-state index contributed by atoms with van der Waals surface area (Å²) >= 11 is 0. The first kappa shape index (κ1) is 22.3. The summed E-state index contributed by atoms with van der Waals surface area (Å²) in [5.41, 5.74) is -0.791. The van der Waals surface area contributed by atoms with Crippen molar-refractivity contribution >= 4 is 10.0 Å². The van der Waals surface area contributed by atoms with Crippen LogP contribution < -0.4 is 9.47 Å². The molecule has 2 aromatic heterocycles. The van der Waals surface area contributed by atoms with E-state index < -0.39 is 27.6 Å². The maximum Gasteiger partial charge on any atom is 0.437 e. The number of rotatable bonds is 6. The first-order chi connectivity index (χ1) is 15.6. The lowest BCUT2D eigenvalue weighted by Gasteiger charge is -2.37. The molecule has 33 heavy (non-hydrogen) atoms. The molecule has 1 aliphatic carbocycles. The van der Waals surface area contributed by atoms with Crippen LogP contribution in [0.1, 0.15) is 49.8 Å². The highest BCUT2D eigenvalue weighted by atomic mass is 32.2. The van der Waals surface area contributed by atoms with E-state index in [-0.39, 0.29) is 35.2 Å². The summed E-state index contributed by atoms with van der Waals surface area (Å²) in [4.78, 5) is 11.5. The molecule has 3 aliphatic rings. The quantitative estimate of drug-likeness (QED) is 0.615. The van der Waals surface area contributed by atoms with E-state index >= 15 is 0 Å². The monoisotopic (exact) mass is 484 g/mol. The maximum atomic E-state index is 13.2. The molecular formula is C21H23F3N4O4S. The summed E-state index contributed by atoms with van der Waals surface area (Å²) < 4.78 is 78.6. The Balaban J connectivity index is 1.32. The molecule has 4 heterocycles. The van der Waals surface area contributed by atoms with Crippen molar-refractivity contribution in [2.45, 2.75) is 75.1 Å². The van der Waals surface area contributed by atoms with Gasteiger partial charge in [-0.15, -0.1) is 0 Å². The van der Waals surface area contributed by atoms with Gasteiger partial charge in [0.2, 0.25) is 21.8 Å². The van der Waals surface area contributed by atoms with Crippen LogP contribution in [-0.2, 0) is 16.2 Å². The zero-order valence-corrected chi connectivity index (χ0v) is 18.6. The van der Waals surface area contributed by atoms with Crippen molar-refractivity contribution in [3.63, 3.8) is 0 Å². The Morgan fingerprint density at radius 3 is 2.33 bits per heavy atom. The molecule has 5 rings (SSSR count). The largest absolute Gasteiger partial charge is 0.474 e. The second-order valence-corrected chi connectivity index (χ2v) is 10.8. The van der Waals surface area contributed by atoms with Crippen LogP contribution in [0.3, 0.4) is 0 Å². The first-order valence-corrected chi connectivity index (χ1v) is 12.4. The fraction of sp³-hybridized carbons (Fsp3) is 0.571. The van der Waals surface area contributed by atoms with Crippen LogP contribution in [0.25, 0.3) is 0 Å². The lowest BCUT2D eigenvalue weighted by Crippen LogP contribution is -2.50. The van der Waals surface area contributed by atoms with E-state index in [1.807, 2.05) is 0 Å². The molecule has 2 aromatic rings. The lowest BCUT2D eigenvalue weighted by atomic mass is 10.0. The highest BCUT2D eigenvalue weighted by Crippen LogP contribution is 2.44. The highest BCUT2D eigenvalue weighted by molar-refractivity contribution is 7.90. The third-order valence-corrected chi connectivity index (χ3v) is 8.88. The summed E-state index contributed by atoms with van der Waals surface area (Å²) in [5.74, 6) is -0.315. The Kier molecular flexibility index (Phi) is 5.47. The van der Waals surface area contributed by atoms with Crippen molar-refractivity contribution in [1.82, 2.24) is 19.3 Å². The third kappa shape index (κ3) is 4.25. The average Bonchev–Trinajstić information content (AvgIpc) is 3.57. The normalized spacial score (nSPS) is 25.8. The lowest BCUT2D eigenvalue weighted by molar-refractivity contribution is -0.142. The number of fused-ring (bicyclic) bond motifs is 2. The van der Waals surface area contributed by atoms with Crippen LogP contribution >= 0.6 is 0 Å². The van der Waals surface area contributed by atoms with Crippen molar-refractivity contribution in [3.8, 4) is 17.5 Å². The molecular weight excluding hydrogens is 461 g/mol. The van der Waals surface area contributed by atoms with Gasteiger partial charge in [0.05, 0.1) is 10.8 Å². The molecule has 178 valence electrons. The van der Waals surface area contributed by atoms with Gasteiger partial charge in [0.1, 0.15) is 12.4 Å². The molecule has 0 radical (unpaired) electrons. The Morgan fingerprint density at radius 2 is 1.70 bits per heavy atom. The van der Waals surface area contributed by atoms with Crippen LogP contribution in [0.15, 0.2) is 24.7 Å². The van der Waals surface area contributed by atoms with E-state index in [0.29, 0.717) is 18.4 Å². The summed E-state index contributed by atoms with van der Waals surface area (Å²) in [6, 6.07) is 2.33. The third-order valence-electron chi connectivity index (χ3n) is 6.38. The number of piperidine rings is 1. The van der Waals surface area contributed by atoms with E-state index in [1.54, 1.807) is 11.2 Å². The molecule has 8 nitrogen and oxygen atoms in total. The van der Waals surface area contributed by atoms with Crippen molar-refractivity contribution < 1.29 is 31.1 Å². The molecule has 0 spiro atoms. The van der Waals surface area contributed by atoms with Crippen molar-refractivity contribution in [2.24, 2.45) is 0 Å². The summed E-state index contributed by atoms with van der Waals surface area (Å²) in [7, 11) is -3.25. The number of hydrogen-bond donors (Lipinski definition) is 0. The van der Waals surface area contributed by atoms with Gasteiger partial charge in [0.25, 0.3) is 0 Å². The molecule has 0 amide bonds. The molecule has 0 unspecified atom stereocenters. The highest BCUT2D eigenvalue weighted by Gasteiger charge is 2.52. The van der Waals surface area contributed by atoms with Gasteiger partial charge < -0.3 is 9.47 Å². The van der Waals surface area contributed by atoms with Crippen LogP contribution in [0.4, 0.5) is 13.2 Å². The molecule has 2 atom stereocenters. The SMILES string of the molecule is Cc1c(Oc2cccnc2C(F)(F)F)ncnc1OC1C[C@@H]2CC[C@@H](C1)N2S(=O)(=O)C1CC1. The fourth-order valence-electron chi connectivity index (χ4n) is 4.72. The summed E-state index contributed by atoms with van der Waals surface area (Å²) in [6.07, 6.45) is 1.44. The molecule has 0 aromatic carbocycles. The van der Waals surface area contributed by atoms with Gasteiger partial charge in [-0.25, -0.2) is 23.4 Å². The van der Waals surface area contributed by atoms with E-state index in [9.17, 15) is 21.6 Å². The number of nitrogens with zero attached hydrogens (tertiary/aromatic N) is 4. The molecule has 2 saturated heterocycles. The Morgan fingerprint density at radius 1 is 1.03 bits per heavy atom. The Hall–Kier alpha value is -2.47. The fourth-order valence-corrected chi connectivity index (χ4v) is 7.01. The second-order valence-electron chi connectivity index (χ2n) is 8.73. The standard InChI is InChI=1S/C21H23F3N4O4S/c1-12-19(26-11-27-20(12)32-17-3-2-8-25-18(17)21(22,23)24)31-15-9-13-4-5-14(10-15)28(13)33(29,30)16-6-7-16/h2-3,8,11,13-16H,4-7,9-10H2,1H3/t13-,14-/m0/s1. The minimum Gasteiger partial charge on any atom is -0.474 e.